The zero-order valence-electron chi connectivity index (χ0n) is 10.8. The summed E-state index contributed by atoms with van der Waals surface area (Å²) in [6.45, 7) is 2.17. The number of nitriles is 1. The summed E-state index contributed by atoms with van der Waals surface area (Å²) in [6, 6.07) is 2.56. The smallest absolute Gasteiger partial charge is 0.235 e. The molecule has 3 N–H and O–H groups in total. The van der Waals surface area contributed by atoms with Crippen molar-refractivity contribution in [3.8, 4) is 6.07 Å². The van der Waals surface area contributed by atoms with E-state index in [-0.39, 0.29) is 11.9 Å². The lowest BCUT2D eigenvalue weighted by molar-refractivity contribution is -0.123. The lowest BCUT2D eigenvalue weighted by atomic mass is 10.00. The van der Waals surface area contributed by atoms with Gasteiger partial charge in [-0.15, -0.1) is 0 Å². The highest BCUT2D eigenvalue weighted by Gasteiger charge is 2.35. The van der Waals surface area contributed by atoms with E-state index in [1.165, 1.54) is 0 Å². The molecule has 1 aliphatic heterocycles. The Bertz CT molecular complexity index is 335. The molecule has 100 valence electrons. The fourth-order valence-corrected chi connectivity index (χ4v) is 2.86. The summed E-state index contributed by atoms with van der Waals surface area (Å²) in [4.78, 5) is 14.1. The standard InChI is InChI=1S/C13H22N4O/c14-10-13(5-1-2-6-13)16-12(18)9-17-7-3-11(15)4-8-17/h11H,1-9,15H2,(H,16,18). The van der Waals surface area contributed by atoms with Crippen molar-refractivity contribution in [2.45, 2.75) is 50.1 Å². The van der Waals surface area contributed by atoms with Gasteiger partial charge in [-0.05, 0) is 38.5 Å². The van der Waals surface area contributed by atoms with Crippen LogP contribution in [0.1, 0.15) is 38.5 Å². The summed E-state index contributed by atoms with van der Waals surface area (Å²) in [6.07, 6.45) is 5.56. The molecule has 0 atom stereocenters. The third-order valence-corrected chi connectivity index (χ3v) is 4.05. The number of nitrogens with two attached hydrogens (primary N) is 1. The van der Waals surface area contributed by atoms with Gasteiger partial charge >= 0.3 is 0 Å². The lowest BCUT2D eigenvalue weighted by Gasteiger charge is -2.30. The third-order valence-electron chi connectivity index (χ3n) is 4.05. The molecule has 0 aromatic rings. The van der Waals surface area contributed by atoms with Gasteiger partial charge in [0.15, 0.2) is 0 Å². The number of nitrogens with one attached hydrogen (secondary N) is 1. The van der Waals surface area contributed by atoms with E-state index in [1.807, 2.05) is 0 Å². The Labute approximate surface area is 108 Å². The predicted molar refractivity (Wildman–Crippen MR) is 68.6 cm³/mol. The summed E-state index contributed by atoms with van der Waals surface area (Å²) < 4.78 is 0. The van der Waals surface area contributed by atoms with E-state index in [9.17, 15) is 10.1 Å². The molecule has 5 nitrogen and oxygen atoms in total. The Morgan fingerprint density at radius 1 is 1.39 bits per heavy atom. The normalized spacial score (nSPS) is 24.7. The number of piperidine rings is 1. The molecule has 0 aromatic heterocycles. The van der Waals surface area contributed by atoms with Crippen molar-refractivity contribution in [2.24, 2.45) is 5.73 Å². The minimum absolute atomic E-state index is 0.0195. The van der Waals surface area contributed by atoms with E-state index in [0.29, 0.717) is 6.54 Å². The summed E-state index contributed by atoms with van der Waals surface area (Å²) in [5.74, 6) is -0.0195. The zero-order chi connectivity index (χ0) is 13.0. The number of rotatable bonds is 3. The van der Waals surface area contributed by atoms with Gasteiger partial charge in [-0.2, -0.15) is 5.26 Å². The molecular formula is C13H22N4O. The summed E-state index contributed by atoms with van der Waals surface area (Å²) in [7, 11) is 0. The molecule has 0 aromatic carbocycles. The maximum Gasteiger partial charge on any atom is 0.235 e. The maximum absolute atomic E-state index is 12.0. The molecular weight excluding hydrogens is 228 g/mol. The molecule has 1 aliphatic carbocycles. The summed E-state index contributed by atoms with van der Waals surface area (Å²) in [5, 5.41) is 12.1. The third kappa shape index (κ3) is 3.21. The first kappa shape index (κ1) is 13.3. The van der Waals surface area contributed by atoms with E-state index in [4.69, 9.17) is 5.73 Å². The number of hydrogen-bond acceptors (Lipinski definition) is 4. The van der Waals surface area contributed by atoms with Crippen LogP contribution in [0, 0.1) is 11.3 Å². The monoisotopic (exact) mass is 250 g/mol. The first-order chi connectivity index (χ1) is 8.63. The Morgan fingerprint density at radius 3 is 2.56 bits per heavy atom. The van der Waals surface area contributed by atoms with Crippen molar-refractivity contribution in [1.29, 1.82) is 5.26 Å². The SMILES string of the molecule is N#CC1(NC(=O)CN2CCC(N)CC2)CCCC1. The number of hydrogen-bond donors (Lipinski definition) is 2. The van der Waals surface area contributed by atoms with Crippen LogP contribution in [0.4, 0.5) is 0 Å². The van der Waals surface area contributed by atoms with Crippen LogP contribution in [0.5, 0.6) is 0 Å². The van der Waals surface area contributed by atoms with E-state index in [2.05, 4.69) is 16.3 Å². The van der Waals surface area contributed by atoms with Crippen LogP contribution in [0.25, 0.3) is 0 Å². The van der Waals surface area contributed by atoms with E-state index in [1.54, 1.807) is 0 Å². The molecule has 1 saturated heterocycles. The molecule has 2 rings (SSSR count). The van der Waals surface area contributed by atoms with Crippen LogP contribution in [-0.2, 0) is 4.79 Å². The molecule has 0 bridgehead atoms. The highest BCUT2D eigenvalue weighted by Crippen LogP contribution is 2.28. The van der Waals surface area contributed by atoms with Gasteiger partial charge in [-0.3, -0.25) is 9.69 Å². The van der Waals surface area contributed by atoms with Gasteiger partial charge in [0.2, 0.25) is 5.91 Å². The van der Waals surface area contributed by atoms with Crippen LogP contribution in [0.3, 0.4) is 0 Å². The maximum atomic E-state index is 12.0. The van der Waals surface area contributed by atoms with Gasteiger partial charge in [0.1, 0.15) is 5.54 Å². The Hall–Kier alpha value is -1.12. The van der Waals surface area contributed by atoms with Crippen molar-refractivity contribution in [1.82, 2.24) is 10.2 Å². The van der Waals surface area contributed by atoms with E-state index < -0.39 is 5.54 Å². The Kier molecular flexibility index (Phi) is 4.20. The fraction of sp³-hybridized carbons (Fsp3) is 0.846. The highest BCUT2D eigenvalue weighted by atomic mass is 16.2. The van der Waals surface area contributed by atoms with Crippen LogP contribution in [0.2, 0.25) is 0 Å². The minimum atomic E-state index is -0.594. The molecule has 2 aliphatic rings. The van der Waals surface area contributed by atoms with Gasteiger partial charge in [-0.1, -0.05) is 0 Å². The van der Waals surface area contributed by atoms with Crippen molar-refractivity contribution in [3.05, 3.63) is 0 Å². The molecule has 1 amide bonds. The van der Waals surface area contributed by atoms with Crippen molar-refractivity contribution in [3.63, 3.8) is 0 Å². The van der Waals surface area contributed by atoms with E-state index in [0.717, 1.165) is 51.6 Å². The van der Waals surface area contributed by atoms with Crippen LogP contribution < -0.4 is 11.1 Å². The summed E-state index contributed by atoms with van der Waals surface area (Å²) in [5.41, 5.74) is 5.24. The number of likely N-dealkylation sites (tertiary alicyclic amines) is 1. The highest BCUT2D eigenvalue weighted by molar-refractivity contribution is 5.79. The summed E-state index contributed by atoms with van der Waals surface area (Å²) >= 11 is 0. The van der Waals surface area contributed by atoms with Crippen LogP contribution in [0.15, 0.2) is 0 Å². The van der Waals surface area contributed by atoms with Crippen LogP contribution in [-0.4, -0.2) is 42.0 Å². The molecule has 1 heterocycles. The number of nitrogens with zero attached hydrogens (tertiary/aromatic N) is 2. The first-order valence-electron chi connectivity index (χ1n) is 6.84. The average molecular weight is 250 g/mol. The van der Waals surface area contributed by atoms with Gasteiger partial charge in [0.25, 0.3) is 0 Å². The van der Waals surface area contributed by atoms with Gasteiger partial charge in [0, 0.05) is 19.1 Å². The van der Waals surface area contributed by atoms with Gasteiger partial charge in [0.05, 0.1) is 12.6 Å². The number of amides is 1. The van der Waals surface area contributed by atoms with Crippen molar-refractivity contribution >= 4 is 5.91 Å². The largest absolute Gasteiger partial charge is 0.337 e. The Balaban J connectivity index is 1.80. The topological polar surface area (TPSA) is 82.2 Å². The molecule has 0 unspecified atom stereocenters. The lowest BCUT2D eigenvalue weighted by Crippen LogP contribution is -2.50. The van der Waals surface area contributed by atoms with Gasteiger partial charge < -0.3 is 11.1 Å². The second-order valence-electron chi connectivity index (χ2n) is 5.56. The second kappa shape index (κ2) is 5.68. The number of carbonyl (C=O) groups excluding carboxylic acids is 1. The predicted octanol–water partition coefficient (Wildman–Crippen LogP) is 0.362. The second-order valence-corrected chi connectivity index (χ2v) is 5.56. The molecule has 1 saturated carbocycles. The van der Waals surface area contributed by atoms with Crippen LogP contribution >= 0.6 is 0 Å². The molecule has 0 radical (unpaired) electrons. The zero-order valence-corrected chi connectivity index (χ0v) is 10.8. The minimum Gasteiger partial charge on any atom is -0.337 e. The van der Waals surface area contributed by atoms with E-state index >= 15 is 0 Å². The number of carbonyl (C=O) groups is 1. The van der Waals surface area contributed by atoms with Crippen molar-refractivity contribution < 1.29 is 4.79 Å². The fourth-order valence-electron chi connectivity index (χ4n) is 2.86. The molecule has 2 fully saturated rings. The van der Waals surface area contributed by atoms with Gasteiger partial charge in [-0.25, -0.2) is 0 Å². The molecule has 0 spiro atoms. The Morgan fingerprint density at radius 2 is 2.00 bits per heavy atom. The molecule has 18 heavy (non-hydrogen) atoms. The van der Waals surface area contributed by atoms with Crippen molar-refractivity contribution in [2.75, 3.05) is 19.6 Å². The quantitative estimate of drug-likeness (QED) is 0.758. The average Bonchev–Trinajstić information content (AvgIpc) is 2.81. The first-order valence-corrected chi connectivity index (χ1v) is 6.84. The molecule has 5 heteroatoms.